The van der Waals surface area contributed by atoms with E-state index in [1.807, 2.05) is 19.1 Å². The van der Waals surface area contributed by atoms with E-state index < -0.39 is 15.9 Å². The molecule has 0 atom stereocenters. The van der Waals surface area contributed by atoms with E-state index in [1.165, 1.54) is 13.2 Å². The van der Waals surface area contributed by atoms with Crippen molar-refractivity contribution >= 4 is 48.9 Å². The number of amides is 1. The molecule has 0 radical (unpaired) electrons. The molecule has 0 unspecified atom stereocenters. The average molecular weight is 401 g/mol. The lowest BCUT2D eigenvalue weighted by Gasteiger charge is -2.26. The predicted octanol–water partition coefficient (Wildman–Crippen LogP) is 3.10. The number of nitrogens with zero attached hydrogens (tertiary/aromatic N) is 2. The number of aliphatic hydroxyl groups excluding tert-OH is 1. The molecule has 138 valence electrons. The number of aromatic nitrogens is 1. The van der Waals surface area contributed by atoms with E-state index in [0.717, 1.165) is 25.9 Å². The fourth-order valence-corrected chi connectivity index (χ4v) is 6.09. The summed E-state index contributed by atoms with van der Waals surface area (Å²) in [7, 11) is -2.74. The molecule has 7 nitrogen and oxygen atoms in total. The summed E-state index contributed by atoms with van der Waals surface area (Å²) >= 11 is 1.14. The number of nitrogens with one attached hydrogen (secondary N) is 1. The second-order valence-corrected chi connectivity index (χ2v) is 9.06. The van der Waals surface area contributed by atoms with Crippen molar-refractivity contribution in [2.75, 3.05) is 12.4 Å². The Balaban J connectivity index is 1.90. The number of carbonyl (C=O) groups excluding carboxylic acids is 1. The molecule has 0 saturated carbocycles. The molecule has 4 rings (SSSR count). The number of rotatable bonds is 2. The Morgan fingerprint density at radius 1 is 1.26 bits per heavy atom. The van der Waals surface area contributed by atoms with E-state index in [2.05, 4.69) is 10.3 Å². The van der Waals surface area contributed by atoms with Crippen molar-refractivity contribution in [1.82, 2.24) is 9.29 Å². The van der Waals surface area contributed by atoms with E-state index in [0.29, 0.717) is 5.39 Å². The van der Waals surface area contributed by atoms with Gasteiger partial charge < -0.3 is 10.4 Å². The number of aliphatic hydroxyl groups is 1. The number of likely N-dealkylation sites (N-methyl/N-ethyl adjacent to an activating group) is 1. The first-order chi connectivity index (χ1) is 12.8. The van der Waals surface area contributed by atoms with Crippen molar-refractivity contribution in [1.29, 1.82) is 0 Å². The average Bonchev–Trinajstić information content (AvgIpc) is 3.01. The van der Waals surface area contributed by atoms with Crippen LogP contribution >= 0.6 is 11.3 Å². The van der Waals surface area contributed by atoms with Crippen LogP contribution in [0.1, 0.15) is 10.4 Å². The number of hydrogen-bond acceptors (Lipinski definition) is 6. The van der Waals surface area contributed by atoms with Crippen molar-refractivity contribution in [3.63, 3.8) is 0 Å². The maximum absolute atomic E-state index is 13.1. The lowest BCUT2D eigenvalue weighted by Crippen LogP contribution is -2.36. The summed E-state index contributed by atoms with van der Waals surface area (Å²) in [6, 6.07) is 10.3. The van der Waals surface area contributed by atoms with Crippen molar-refractivity contribution in [3.8, 4) is 0 Å². The summed E-state index contributed by atoms with van der Waals surface area (Å²) in [6.07, 6.45) is 1.50. The summed E-state index contributed by atoms with van der Waals surface area (Å²) in [5.41, 5.74) is 0.639. The number of pyridine rings is 1. The first-order valence-corrected chi connectivity index (χ1v) is 10.2. The second kappa shape index (κ2) is 6.07. The van der Waals surface area contributed by atoms with Crippen LogP contribution in [0.4, 0.5) is 5.82 Å². The zero-order valence-electron chi connectivity index (χ0n) is 14.4. The topological polar surface area (TPSA) is 99.6 Å². The third kappa shape index (κ3) is 2.66. The van der Waals surface area contributed by atoms with Crippen LogP contribution in [-0.4, -0.2) is 35.8 Å². The molecule has 2 aromatic heterocycles. The molecule has 27 heavy (non-hydrogen) atoms. The summed E-state index contributed by atoms with van der Waals surface area (Å²) in [5.74, 6) is -0.863. The Kier molecular flexibility index (Phi) is 3.93. The van der Waals surface area contributed by atoms with Gasteiger partial charge in [0.05, 0.1) is 4.88 Å². The van der Waals surface area contributed by atoms with Gasteiger partial charge in [0.1, 0.15) is 10.7 Å². The van der Waals surface area contributed by atoms with E-state index in [-0.39, 0.29) is 27.0 Å². The van der Waals surface area contributed by atoms with Gasteiger partial charge in [-0.2, -0.15) is 0 Å². The van der Waals surface area contributed by atoms with Crippen LogP contribution in [0, 0.1) is 6.92 Å². The van der Waals surface area contributed by atoms with Crippen LogP contribution in [0.15, 0.2) is 53.2 Å². The van der Waals surface area contributed by atoms with Gasteiger partial charge in [-0.3, -0.25) is 9.10 Å². The number of aryl methyl sites for hydroxylation is 1. The van der Waals surface area contributed by atoms with Crippen LogP contribution < -0.4 is 5.32 Å². The smallest absolute Gasteiger partial charge is 0.278 e. The SMILES string of the molecule is Cc1ccc2c3c(sc2c1)C(O)=C(C(=O)Nc1ccccn1)N(C)S3(=O)=O. The molecule has 0 aliphatic carbocycles. The van der Waals surface area contributed by atoms with Crippen molar-refractivity contribution < 1.29 is 18.3 Å². The van der Waals surface area contributed by atoms with Gasteiger partial charge in [0.15, 0.2) is 11.5 Å². The van der Waals surface area contributed by atoms with Crippen LogP contribution in [0.5, 0.6) is 0 Å². The van der Waals surface area contributed by atoms with Gasteiger partial charge in [0.2, 0.25) is 0 Å². The monoisotopic (exact) mass is 401 g/mol. The Labute approximate surface area is 159 Å². The third-order valence-corrected chi connectivity index (χ3v) is 7.43. The van der Waals surface area contributed by atoms with Gasteiger partial charge in [-0.05, 0) is 30.7 Å². The zero-order valence-corrected chi connectivity index (χ0v) is 16.1. The van der Waals surface area contributed by atoms with Crippen LogP contribution in [0.2, 0.25) is 0 Å². The first kappa shape index (κ1) is 17.5. The molecule has 1 aromatic carbocycles. The molecule has 1 aliphatic heterocycles. The highest BCUT2D eigenvalue weighted by Crippen LogP contribution is 2.44. The van der Waals surface area contributed by atoms with Crippen molar-refractivity contribution in [3.05, 3.63) is 58.7 Å². The fourth-order valence-electron chi connectivity index (χ4n) is 2.97. The standard InChI is InChI=1S/C18H15N3O4S2/c1-10-6-7-11-12(9-10)26-16-15(22)14(21(2)27(24,25)17(11)16)18(23)20-13-5-3-4-8-19-13/h3-9,22H,1-2H3,(H,19,20,23). The minimum Gasteiger partial charge on any atom is -0.504 e. The van der Waals surface area contributed by atoms with Gasteiger partial charge in [-0.25, -0.2) is 13.4 Å². The van der Waals surface area contributed by atoms with Crippen LogP contribution in [-0.2, 0) is 14.8 Å². The van der Waals surface area contributed by atoms with E-state index in [4.69, 9.17) is 0 Å². The quantitative estimate of drug-likeness (QED) is 0.687. The Morgan fingerprint density at radius 3 is 2.74 bits per heavy atom. The number of thiophene rings is 1. The molecular formula is C18H15N3O4S2. The fraction of sp³-hybridized carbons (Fsp3) is 0.111. The lowest BCUT2D eigenvalue weighted by atomic mass is 10.2. The maximum atomic E-state index is 13.1. The Hall–Kier alpha value is -2.91. The number of sulfonamides is 1. The van der Waals surface area contributed by atoms with E-state index in [9.17, 15) is 18.3 Å². The van der Waals surface area contributed by atoms with Gasteiger partial charge in [-0.15, -0.1) is 11.3 Å². The number of hydrogen-bond donors (Lipinski definition) is 2. The molecular weight excluding hydrogens is 386 g/mol. The van der Waals surface area contributed by atoms with Crippen molar-refractivity contribution in [2.45, 2.75) is 11.8 Å². The summed E-state index contributed by atoms with van der Waals surface area (Å²) < 4.78 is 27.7. The summed E-state index contributed by atoms with van der Waals surface area (Å²) in [4.78, 5) is 16.9. The molecule has 9 heteroatoms. The minimum absolute atomic E-state index is 0.0249. The van der Waals surface area contributed by atoms with Gasteiger partial charge in [0.25, 0.3) is 15.9 Å². The highest BCUT2D eigenvalue weighted by Gasteiger charge is 2.40. The summed E-state index contributed by atoms with van der Waals surface area (Å²) in [6.45, 7) is 1.90. The molecule has 0 spiro atoms. The number of anilines is 1. The van der Waals surface area contributed by atoms with Crippen LogP contribution in [0.25, 0.3) is 15.8 Å². The normalized spacial score (nSPS) is 15.7. The molecule has 1 aliphatic rings. The maximum Gasteiger partial charge on any atom is 0.278 e. The zero-order chi connectivity index (χ0) is 19.3. The predicted molar refractivity (Wildman–Crippen MR) is 104 cm³/mol. The van der Waals surface area contributed by atoms with E-state index >= 15 is 0 Å². The highest BCUT2D eigenvalue weighted by atomic mass is 32.2. The van der Waals surface area contributed by atoms with Gasteiger partial charge >= 0.3 is 0 Å². The highest BCUT2D eigenvalue weighted by molar-refractivity contribution is 7.89. The van der Waals surface area contributed by atoms with Crippen molar-refractivity contribution in [2.24, 2.45) is 0 Å². The summed E-state index contributed by atoms with van der Waals surface area (Å²) in [5, 5.41) is 13.8. The molecule has 2 N–H and O–H groups in total. The molecule has 1 amide bonds. The third-order valence-electron chi connectivity index (χ3n) is 4.29. The van der Waals surface area contributed by atoms with Gasteiger partial charge in [-0.1, -0.05) is 18.2 Å². The molecule has 3 heterocycles. The van der Waals surface area contributed by atoms with E-state index in [1.54, 1.807) is 24.3 Å². The molecule has 0 saturated heterocycles. The number of fused-ring (bicyclic) bond motifs is 3. The Morgan fingerprint density at radius 2 is 2.04 bits per heavy atom. The molecule has 3 aromatic rings. The number of benzene rings is 1. The molecule has 0 fully saturated rings. The largest absolute Gasteiger partial charge is 0.504 e. The Bertz CT molecular complexity index is 1210. The minimum atomic E-state index is -3.99. The first-order valence-electron chi connectivity index (χ1n) is 7.99. The van der Waals surface area contributed by atoms with Crippen LogP contribution in [0.3, 0.4) is 0 Å². The number of carbonyl (C=O) groups is 1. The van der Waals surface area contributed by atoms with Gasteiger partial charge in [0, 0.05) is 23.3 Å². The lowest BCUT2D eigenvalue weighted by molar-refractivity contribution is -0.113. The second-order valence-electron chi connectivity index (χ2n) is 6.10. The molecule has 0 bridgehead atoms.